The Bertz CT molecular complexity index is 174. The van der Waals surface area contributed by atoms with Gasteiger partial charge in [0, 0.05) is 6.61 Å². The van der Waals surface area contributed by atoms with Crippen LogP contribution in [0.3, 0.4) is 0 Å². The molecule has 1 fully saturated rings. The van der Waals surface area contributed by atoms with Crippen molar-refractivity contribution in [1.29, 1.82) is 0 Å². The maximum atomic E-state index is 6.09. The minimum atomic E-state index is 0.524. The van der Waals surface area contributed by atoms with E-state index >= 15 is 0 Å². The number of rotatable bonds is 4. The van der Waals surface area contributed by atoms with Crippen LogP contribution in [0.1, 0.15) is 53.9 Å². The fraction of sp³-hybridized carbons (Fsp3) is 1.00. The summed E-state index contributed by atoms with van der Waals surface area (Å²) in [7, 11) is 0. The molecule has 0 aromatic carbocycles. The molecule has 1 saturated carbocycles. The van der Waals surface area contributed by atoms with Crippen LogP contribution in [0.5, 0.6) is 0 Å². The van der Waals surface area contributed by atoms with Gasteiger partial charge in [0.1, 0.15) is 0 Å². The molecule has 1 nitrogen and oxygen atoms in total. The van der Waals surface area contributed by atoms with Crippen molar-refractivity contribution < 1.29 is 4.74 Å². The van der Waals surface area contributed by atoms with E-state index in [1.165, 1.54) is 19.3 Å². The molecule has 0 unspecified atom stereocenters. The lowest BCUT2D eigenvalue weighted by atomic mass is 9.75. The molecular formula is C14H28O. The quantitative estimate of drug-likeness (QED) is 0.681. The van der Waals surface area contributed by atoms with Crippen LogP contribution < -0.4 is 0 Å². The third-order valence-electron chi connectivity index (χ3n) is 3.60. The predicted molar refractivity (Wildman–Crippen MR) is 65.9 cm³/mol. The van der Waals surface area contributed by atoms with E-state index in [2.05, 4.69) is 34.6 Å². The summed E-state index contributed by atoms with van der Waals surface area (Å²) in [6.45, 7) is 12.4. The van der Waals surface area contributed by atoms with Gasteiger partial charge in [0.05, 0.1) is 6.10 Å². The molecule has 1 heteroatoms. The molecule has 0 spiro atoms. The summed E-state index contributed by atoms with van der Waals surface area (Å²) < 4.78 is 6.09. The smallest absolute Gasteiger partial charge is 0.0608 e. The SMILES string of the molecule is CC(C)CO[C@H]1C[C@@H](C)CC[C@@H]1C(C)C. The lowest BCUT2D eigenvalue weighted by molar-refractivity contribution is -0.0476. The van der Waals surface area contributed by atoms with Gasteiger partial charge in [-0.2, -0.15) is 0 Å². The van der Waals surface area contributed by atoms with Crippen LogP contribution in [-0.2, 0) is 4.74 Å². The molecule has 0 aromatic heterocycles. The summed E-state index contributed by atoms with van der Waals surface area (Å²) in [5.74, 6) is 3.09. The fourth-order valence-electron chi connectivity index (χ4n) is 2.62. The largest absolute Gasteiger partial charge is 0.378 e. The van der Waals surface area contributed by atoms with E-state index in [0.29, 0.717) is 12.0 Å². The normalized spacial score (nSPS) is 32.6. The van der Waals surface area contributed by atoms with E-state index in [4.69, 9.17) is 4.74 Å². The van der Waals surface area contributed by atoms with Crippen LogP contribution in [0.15, 0.2) is 0 Å². The highest BCUT2D eigenvalue weighted by molar-refractivity contribution is 4.81. The van der Waals surface area contributed by atoms with Gasteiger partial charge in [-0.1, -0.05) is 41.0 Å². The summed E-state index contributed by atoms with van der Waals surface area (Å²) in [6, 6.07) is 0. The molecule has 0 radical (unpaired) electrons. The monoisotopic (exact) mass is 212 g/mol. The maximum absolute atomic E-state index is 6.09. The molecule has 0 aliphatic heterocycles. The van der Waals surface area contributed by atoms with Gasteiger partial charge in [-0.3, -0.25) is 0 Å². The van der Waals surface area contributed by atoms with Crippen molar-refractivity contribution in [3.8, 4) is 0 Å². The number of hydrogen-bond donors (Lipinski definition) is 0. The van der Waals surface area contributed by atoms with Crippen molar-refractivity contribution in [2.24, 2.45) is 23.7 Å². The van der Waals surface area contributed by atoms with Crippen LogP contribution in [0.25, 0.3) is 0 Å². The van der Waals surface area contributed by atoms with Gasteiger partial charge in [-0.15, -0.1) is 0 Å². The Balaban J connectivity index is 2.46. The van der Waals surface area contributed by atoms with Crippen molar-refractivity contribution in [2.45, 2.75) is 60.0 Å². The Morgan fingerprint density at radius 2 is 1.80 bits per heavy atom. The zero-order valence-electron chi connectivity index (χ0n) is 11.1. The average molecular weight is 212 g/mol. The first-order valence-electron chi connectivity index (χ1n) is 6.62. The molecule has 0 aromatic rings. The number of ether oxygens (including phenoxy) is 1. The van der Waals surface area contributed by atoms with Crippen molar-refractivity contribution in [1.82, 2.24) is 0 Å². The minimum Gasteiger partial charge on any atom is -0.378 e. The molecule has 1 rings (SSSR count). The van der Waals surface area contributed by atoms with Crippen molar-refractivity contribution >= 4 is 0 Å². The molecule has 0 heterocycles. The van der Waals surface area contributed by atoms with E-state index in [9.17, 15) is 0 Å². The zero-order valence-corrected chi connectivity index (χ0v) is 11.1. The molecule has 1 aliphatic rings. The van der Waals surface area contributed by atoms with Gasteiger partial charge in [-0.05, 0) is 36.5 Å². The first-order valence-corrected chi connectivity index (χ1v) is 6.62. The van der Waals surface area contributed by atoms with Crippen molar-refractivity contribution in [2.75, 3.05) is 6.61 Å². The van der Waals surface area contributed by atoms with Gasteiger partial charge < -0.3 is 4.74 Å². The van der Waals surface area contributed by atoms with Crippen LogP contribution in [0, 0.1) is 23.7 Å². The first kappa shape index (κ1) is 13.0. The highest BCUT2D eigenvalue weighted by Gasteiger charge is 2.31. The summed E-state index contributed by atoms with van der Waals surface area (Å²) in [5.41, 5.74) is 0. The Morgan fingerprint density at radius 1 is 1.13 bits per heavy atom. The molecule has 90 valence electrons. The van der Waals surface area contributed by atoms with E-state index in [-0.39, 0.29) is 0 Å². The second-order valence-electron chi connectivity index (χ2n) is 6.09. The van der Waals surface area contributed by atoms with Gasteiger partial charge in [0.2, 0.25) is 0 Å². The Kier molecular flexibility index (Phi) is 5.11. The maximum Gasteiger partial charge on any atom is 0.0608 e. The molecule has 1 aliphatic carbocycles. The zero-order chi connectivity index (χ0) is 11.4. The molecule has 0 N–H and O–H groups in total. The van der Waals surface area contributed by atoms with Crippen LogP contribution in [0.4, 0.5) is 0 Å². The molecule has 0 amide bonds. The predicted octanol–water partition coefficient (Wildman–Crippen LogP) is 4.12. The first-order chi connectivity index (χ1) is 7.00. The summed E-state index contributed by atoms with van der Waals surface area (Å²) in [6.07, 6.45) is 4.55. The standard InChI is InChI=1S/C14H28O/c1-10(2)9-15-14-8-12(5)6-7-13(14)11(3)4/h10-14H,6-9H2,1-5H3/t12-,13+,14-/m0/s1. The summed E-state index contributed by atoms with van der Waals surface area (Å²) in [4.78, 5) is 0. The highest BCUT2D eigenvalue weighted by Crippen LogP contribution is 2.35. The van der Waals surface area contributed by atoms with Gasteiger partial charge in [0.15, 0.2) is 0 Å². The van der Waals surface area contributed by atoms with Gasteiger partial charge in [0.25, 0.3) is 0 Å². The topological polar surface area (TPSA) is 9.23 Å². The number of hydrogen-bond acceptors (Lipinski definition) is 1. The summed E-state index contributed by atoms with van der Waals surface area (Å²) >= 11 is 0. The fourth-order valence-corrected chi connectivity index (χ4v) is 2.62. The van der Waals surface area contributed by atoms with Crippen LogP contribution in [-0.4, -0.2) is 12.7 Å². The van der Waals surface area contributed by atoms with Gasteiger partial charge >= 0.3 is 0 Å². The third kappa shape index (κ3) is 4.14. The molecule has 0 bridgehead atoms. The molecular weight excluding hydrogens is 184 g/mol. The van der Waals surface area contributed by atoms with Crippen LogP contribution >= 0.6 is 0 Å². The van der Waals surface area contributed by atoms with Crippen molar-refractivity contribution in [3.63, 3.8) is 0 Å². The van der Waals surface area contributed by atoms with Gasteiger partial charge in [-0.25, -0.2) is 0 Å². The minimum absolute atomic E-state index is 0.524. The van der Waals surface area contributed by atoms with Crippen molar-refractivity contribution in [3.05, 3.63) is 0 Å². The Labute approximate surface area is 95.6 Å². The molecule has 15 heavy (non-hydrogen) atoms. The second kappa shape index (κ2) is 5.89. The van der Waals surface area contributed by atoms with Crippen LogP contribution in [0.2, 0.25) is 0 Å². The van der Waals surface area contributed by atoms with E-state index in [1.54, 1.807) is 0 Å². The van der Waals surface area contributed by atoms with E-state index in [1.807, 2.05) is 0 Å². The summed E-state index contributed by atoms with van der Waals surface area (Å²) in [5, 5.41) is 0. The van der Waals surface area contributed by atoms with E-state index < -0.39 is 0 Å². The average Bonchev–Trinajstić information content (AvgIpc) is 2.14. The van der Waals surface area contributed by atoms with E-state index in [0.717, 1.165) is 24.4 Å². The lowest BCUT2D eigenvalue weighted by Crippen LogP contribution is -2.35. The Hall–Kier alpha value is -0.0400. The molecule has 3 atom stereocenters. The highest BCUT2D eigenvalue weighted by atomic mass is 16.5. The third-order valence-corrected chi connectivity index (χ3v) is 3.60. The Morgan fingerprint density at radius 3 is 2.33 bits per heavy atom. The lowest BCUT2D eigenvalue weighted by Gasteiger charge is -2.37. The molecule has 0 saturated heterocycles. The second-order valence-corrected chi connectivity index (χ2v) is 6.09.